The second-order valence-corrected chi connectivity index (χ2v) is 5.45. The van der Waals surface area contributed by atoms with Gasteiger partial charge in [0.15, 0.2) is 0 Å². The van der Waals surface area contributed by atoms with Crippen LogP contribution in [0.3, 0.4) is 0 Å². The van der Waals surface area contributed by atoms with Crippen molar-refractivity contribution in [1.29, 1.82) is 0 Å². The van der Waals surface area contributed by atoms with Gasteiger partial charge in [0.25, 0.3) is 0 Å². The molecule has 1 aliphatic rings. The number of ether oxygens (including phenoxy) is 3. The lowest BCUT2D eigenvalue weighted by Crippen LogP contribution is -2.52. The third-order valence-electron chi connectivity index (χ3n) is 3.29. The van der Waals surface area contributed by atoms with Gasteiger partial charge in [-0.15, -0.1) is 0 Å². The molecule has 0 amide bonds. The van der Waals surface area contributed by atoms with Crippen LogP contribution < -0.4 is 5.32 Å². The molecule has 1 aliphatic carbocycles. The van der Waals surface area contributed by atoms with Crippen LogP contribution in [0.4, 0.5) is 0 Å². The van der Waals surface area contributed by atoms with E-state index in [0.29, 0.717) is 38.9 Å². The molecule has 1 N–H and O–H groups in total. The first-order chi connectivity index (χ1) is 9.62. The second kappa shape index (κ2) is 9.32. The molecule has 0 heterocycles. The summed E-state index contributed by atoms with van der Waals surface area (Å²) in [4.78, 5) is 12.1. The van der Waals surface area contributed by atoms with Gasteiger partial charge in [-0.25, -0.2) is 0 Å². The Bertz CT molecular complexity index is 281. The van der Waals surface area contributed by atoms with Gasteiger partial charge in [0.05, 0.1) is 19.8 Å². The first kappa shape index (κ1) is 17.4. The largest absolute Gasteiger partial charge is 0.465 e. The van der Waals surface area contributed by atoms with Crippen molar-refractivity contribution < 1.29 is 19.0 Å². The summed E-state index contributed by atoms with van der Waals surface area (Å²) in [6.45, 7) is 8.71. The summed E-state index contributed by atoms with van der Waals surface area (Å²) in [6.07, 6.45) is 3.92. The van der Waals surface area contributed by atoms with Gasteiger partial charge in [-0.1, -0.05) is 6.92 Å². The first-order valence-electron chi connectivity index (χ1n) is 7.72. The summed E-state index contributed by atoms with van der Waals surface area (Å²) in [7, 11) is 0. The SMILES string of the molecule is CCCOCCOCCC(C)(NC1CC1)C(=O)OCC. The molecular formula is C15H29NO4. The molecule has 0 spiro atoms. The Balaban J connectivity index is 2.23. The van der Waals surface area contributed by atoms with Gasteiger partial charge >= 0.3 is 5.97 Å². The molecule has 118 valence electrons. The maximum Gasteiger partial charge on any atom is 0.326 e. The van der Waals surface area contributed by atoms with Crippen molar-refractivity contribution in [3.63, 3.8) is 0 Å². The minimum Gasteiger partial charge on any atom is -0.465 e. The molecule has 5 nitrogen and oxygen atoms in total. The fraction of sp³-hybridized carbons (Fsp3) is 0.933. The van der Waals surface area contributed by atoms with Crippen molar-refractivity contribution in [3.05, 3.63) is 0 Å². The van der Waals surface area contributed by atoms with Crippen molar-refractivity contribution >= 4 is 5.97 Å². The molecule has 0 aromatic carbocycles. The zero-order valence-electron chi connectivity index (χ0n) is 13.1. The molecule has 0 aromatic rings. The molecule has 0 saturated heterocycles. The number of esters is 1. The first-order valence-corrected chi connectivity index (χ1v) is 7.72. The van der Waals surface area contributed by atoms with Gasteiger partial charge in [0.1, 0.15) is 5.54 Å². The fourth-order valence-electron chi connectivity index (χ4n) is 1.94. The minimum absolute atomic E-state index is 0.183. The minimum atomic E-state index is -0.637. The van der Waals surface area contributed by atoms with E-state index >= 15 is 0 Å². The van der Waals surface area contributed by atoms with Gasteiger partial charge in [-0.05, 0) is 39.5 Å². The lowest BCUT2D eigenvalue weighted by molar-refractivity contribution is -0.151. The van der Waals surface area contributed by atoms with E-state index in [0.717, 1.165) is 25.9 Å². The monoisotopic (exact) mass is 287 g/mol. The van der Waals surface area contributed by atoms with Crippen LogP contribution in [-0.4, -0.2) is 50.6 Å². The quantitative estimate of drug-likeness (QED) is 0.439. The van der Waals surface area contributed by atoms with E-state index in [1.165, 1.54) is 0 Å². The number of hydrogen-bond donors (Lipinski definition) is 1. The van der Waals surface area contributed by atoms with E-state index in [-0.39, 0.29) is 5.97 Å². The molecule has 1 saturated carbocycles. The summed E-state index contributed by atoms with van der Waals surface area (Å²) < 4.78 is 16.0. The maximum absolute atomic E-state index is 12.1. The fourth-order valence-corrected chi connectivity index (χ4v) is 1.94. The molecule has 0 aliphatic heterocycles. The Kier molecular flexibility index (Phi) is 8.11. The predicted octanol–water partition coefficient (Wildman–Crippen LogP) is 1.89. The van der Waals surface area contributed by atoms with Gasteiger partial charge < -0.3 is 14.2 Å². The van der Waals surface area contributed by atoms with Gasteiger partial charge in [-0.3, -0.25) is 10.1 Å². The molecular weight excluding hydrogens is 258 g/mol. The van der Waals surface area contributed by atoms with Crippen LogP contribution in [0.15, 0.2) is 0 Å². The Morgan fingerprint density at radius 2 is 1.80 bits per heavy atom. The highest BCUT2D eigenvalue weighted by molar-refractivity contribution is 5.80. The molecule has 1 atom stereocenters. The highest BCUT2D eigenvalue weighted by atomic mass is 16.5. The van der Waals surface area contributed by atoms with E-state index in [1.54, 1.807) is 0 Å². The Hall–Kier alpha value is -0.650. The maximum atomic E-state index is 12.1. The molecule has 0 bridgehead atoms. The van der Waals surface area contributed by atoms with Gasteiger partial charge in [0.2, 0.25) is 0 Å². The number of carbonyl (C=O) groups is 1. The van der Waals surface area contributed by atoms with Crippen molar-refractivity contribution in [1.82, 2.24) is 5.32 Å². The third-order valence-corrected chi connectivity index (χ3v) is 3.29. The second-order valence-electron chi connectivity index (χ2n) is 5.45. The van der Waals surface area contributed by atoms with Crippen LogP contribution in [0.5, 0.6) is 0 Å². The van der Waals surface area contributed by atoms with Crippen molar-refractivity contribution in [2.45, 2.75) is 58.0 Å². The molecule has 0 radical (unpaired) electrons. The average Bonchev–Trinajstić information content (AvgIpc) is 3.22. The third kappa shape index (κ3) is 6.68. The lowest BCUT2D eigenvalue weighted by Gasteiger charge is -2.28. The molecule has 1 rings (SSSR count). The van der Waals surface area contributed by atoms with Crippen molar-refractivity contribution in [2.24, 2.45) is 0 Å². The Labute approximate surface area is 122 Å². The summed E-state index contributed by atoms with van der Waals surface area (Å²) in [5.74, 6) is -0.183. The van der Waals surface area contributed by atoms with Crippen LogP contribution in [0.1, 0.15) is 46.5 Å². The Morgan fingerprint density at radius 3 is 2.35 bits per heavy atom. The van der Waals surface area contributed by atoms with Crippen LogP contribution in [0.25, 0.3) is 0 Å². The zero-order chi connectivity index (χ0) is 14.8. The molecule has 0 aromatic heterocycles. The molecule has 1 fully saturated rings. The highest BCUT2D eigenvalue weighted by Gasteiger charge is 2.39. The van der Waals surface area contributed by atoms with E-state index in [4.69, 9.17) is 14.2 Å². The van der Waals surface area contributed by atoms with E-state index in [9.17, 15) is 4.79 Å². The average molecular weight is 287 g/mol. The summed E-state index contributed by atoms with van der Waals surface area (Å²) in [6, 6.07) is 0.456. The van der Waals surface area contributed by atoms with Crippen molar-refractivity contribution in [2.75, 3.05) is 33.0 Å². The summed E-state index contributed by atoms with van der Waals surface area (Å²) in [5.41, 5.74) is -0.637. The number of rotatable bonds is 12. The molecule has 5 heteroatoms. The van der Waals surface area contributed by atoms with E-state index < -0.39 is 5.54 Å². The molecule has 1 unspecified atom stereocenters. The van der Waals surface area contributed by atoms with Gasteiger partial charge in [-0.2, -0.15) is 0 Å². The lowest BCUT2D eigenvalue weighted by atomic mass is 9.98. The smallest absolute Gasteiger partial charge is 0.326 e. The zero-order valence-corrected chi connectivity index (χ0v) is 13.1. The summed E-state index contributed by atoms with van der Waals surface area (Å²) in [5, 5.41) is 3.38. The highest BCUT2D eigenvalue weighted by Crippen LogP contribution is 2.25. The standard InChI is InChI=1S/C15H29NO4/c1-4-9-18-11-12-19-10-8-15(3,14(17)20-5-2)16-13-6-7-13/h13,16H,4-12H2,1-3H3. The topological polar surface area (TPSA) is 56.8 Å². The van der Waals surface area contributed by atoms with Crippen molar-refractivity contribution in [3.8, 4) is 0 Å². The summed E-state index contributed by atoms with van der Waals surface area (Å²) >= 11 is 0. The number of nitrogens with one attached hydrogen (secondary N) is 1. The van der Waals surface area contributed by atoms with Crippen LogP contribution in [0.2, 0.25) is 0 Å². The normalized spacial score (nSPS) is 17.8. The molecule has 20 heavy (non-hydrogen) atoms. The van der Waals surface area contributed by atoms with E-state index in [1.807, 2.05) is 13.8 Å². The van der Waals surface area contributed by atoms with Gasteiger partial charge in [0, 0.05) is 19.3 Å². The Morgan fingerprint density at radius 1 is 1.15 bits per heavy atom. The van der Waals surface area contributed by atoms with E-state index in [2.05, 4.69) is 12.2 Å². The van der Waals surface area contributed by atoms with Crippen LogP contribution in [-0.2, 0) is 19.0 Å². The number of carbonyl (C=O) groups excluding carboxylic acids is 1. The van der Waals surface area contributed by atoms with Crippen LogP contribution in [0, 0.1) is 0 Å². The predicted molar refractivity (Wildman–Crippen MR) is 77.7 cm³/mol. The van der Waals surface area contributed by atoms with Crippen LogP contribution >= 0.6 is 0 Å². The number of hydrogen-bond acceptors (Lipinski definition) is 5.